The highest BCUT2D eigenvalue weighted by atomic mass is 32.1. The topological polar surface area (TPSA) is 131 Å². The average molecular weight is 526 g/mol. The van der Waals surface area contributed by atoms with Crippen LogP contribution in [0.1, 0.15) is 81.9 Å². The van der Waals surface area contributed by atoms with Gasteiger partial charge in [-0.25, -0.2) is 9.50 Å². The van der Waals surface area contributed by atoms with E-state index < -0.39 is 0 Å². The van der Waals surface area contributed by atoms with Crippen LogP contribution in [0.2, 0.25) is 0 Å². The SMILES string of the molecule is Cc1cc2nnc(C(=O)N3CCC(c4nc(C(=O)Nc5nnc(C(C)(C)C)s5)cs4)CC3)c(C)n2n1. The first-order valence-corrected chi connectivity index (χ1v) is 13.4. The van der Waals surface area contributed by atoms with Crippen LogP contribution >= 0.6 is 22.7 Å². The van der Waals surface area contributed by atoms with E-state index in [4.69, 9.17) is 0 Å². The number of rotatable bonds is 4. The third kappa shape index (κ3) is 4.72. The van der Waals surface area contributed by atoms with Crippen LogP contribution in [0, 0.1) is 13.8 Å². The second kappa shape index (κ2) is 9.28. The number of piperidine rings is 1. The first kappa shape index (κ1) is 24.4. The maximum atomic E-state index is 13.2. The Morgan fingerprint density at radius 3 is 2.53 bits per heavy atom. The molecule has 1 fully saturated rings. The Morgan fingerprint density at radius 1 is 1.08 bits per heavy atom. The second-order valence-electron chi connectivity index (χ2n) is 9.94. The van der Waals surface area contributed by atoms with E-state index in [0.29, 0.717) is 41.0 Å². The second-order valence-corrected chi connectivity index (χ2v) is 11.8. The van der Waals surface area contributed by atoms with Gasteiger partial charge in [-0.2, -0.15) is 5.10 Å². The van der Waals surface area contributed by atoms with E-state index in [0.717, 1.165) is 28.6 Å². The van der Waals surface area contributed by atoms with E-state index in [1.54, 1.807) is 14.8 Å². The number of hydrogen-bond donors (Lipinski definition) is 1. The monoisotopic (exact) mass is 525 g/mol. The molecule has 2 amide bonds. The molecule has 0 saturated carbocycles. The van der Waals surface area contributed by atoms with E-state index in [9.17, 15) is 9.59 Å². The Morgan fingerprint density at radius 2 is 1.83 bits per heavy atom. The van der Waals surface area contributed by atoms with E-state index in [1.165, 1.54) is 22.7 Å². The lowest BCUT2D eigenvalue weighted by Crippen LogP contribution is -2.39. The largest absolute Gasteiger partial charge is 0.337 e. The number of aromatic nitrogens is 7. The van der Waals surface area contributed by atoms with Gasteiger partial charge < -0.3 is 4.90 Å². The highest BCUT2D eigenvalue weighted by Crippen LogP contribution is 2.32. The first-order chi connectivity index (χ1) is 17.1. The van der Waals surface area contributed by atoms with Gasteiger partial charge in [-0.1, -0.05) is 32.1 Å². The molecule has 0 spiro atoms. The van der Waals surface area contributed by atoms with Crippen LogP contribution in [0.5, 0.6) is 0 Å². The molecule has 0 radical (unpaired) electrons. The van der Waals surface area contributed by atoms with Gasteiger partial charge in [0.05, 0.1) is 16.4 Å². The molecule has 5 heterocycles. The highest BCUT2D eigenvalue weighted by molar-refractivity contribution is 7.15. The Hall–Kier alpha value is -3.32. The van der Waals surface area contributed by atoms with Crippen LogP contribution in [-0.2, 0) is 5.41 Å². The number of fused-ring (bicyclic) bond motifs is 1. The van der Waals surface area contributed by atoms with Crippen LogP contribution < -0.4 is 5.32 Å². The van der Waals surface area contributed by atoms with E-state index >= 15 is 0 Å². The van der Waals surface area contributed by atoms with Gasteiger partial charge in [-0.05, 0) is 26.7 Å². The summed E-state index contributed by atoms with van der Waals surface area (Å²) in [5, 5.41) is 27.8. The Balaban J connectivity index is 1.21. The lowest BCUT2D eigenvalue weighted by Gasteiger charge is -2.31. The number of hydrogen-bond acceptors (Lipinski definition) is 10. The minimum atomic E-state index is -0.292. The maximum Gasteiger partial charge on any atom is 0.276 e. The Bertz CT molecular complexity index is 1440. The molecule has 0 atom stereocenters. The van der Waals surface area contributed by atoms with Gasteiger partial charge in [0.25, 0.3) is 11.8 Å². The summed E-state index contributed by atoms with van der Waals surface area (Å²) in [4.78, 5) is 32.2. The molecule has 1 N–H and O–H groups in total. The number of carbonyl (C=O) groups excluding carboxylic acids is 2. The van der Waals surface area contributed by atoms with Gasteiger partial charge >= 0.3 is 0 Å². The molecule has 5 rings (SSSR count). The molecular formula is C23H27N9O2S2. The number of carbonyl (C=O) groups is 2. The predicted octanol–water partition coefficient (Wildman–Crippen LogP) is 3.62. The lowest BCUT2D eigenvalue weighted by atomic mass is 9.97. The van der Waals surface area contributed by atoms with E-state index in [2.05, 4.69) is 56.6 Å². The van der Waals surface area contributed by atoms with Crippen molar-refractivity contribution in [3.05, 3.63) is 44.2 Å². The smallest absolute Gasteiger partial charge is 0.276 e. The summed E-state index contributed by atoms with van der Waals surface area (Å²) < 4.78 is 1.66. The number of likely N-dealkylation sites (tertiary alicyclic amines) is 1. The Kier molecular flexibility index (Phi) is 6.29. The predicted molar refractivity (Wildman–Crippen MR) is 137 cm³/mol. The molecule has 0 unspecified atom stereocenters. The molecular weight excluding hydrogens is 498 g/mol. The lowest BCUT2D eigenvalue weighted by molar-refractivity contribution is 0.0704. The standard InChI is InChI=1S/C23H27N9O2S2/c1-12-10-16-26-27-17(13(2)32(16)30-12)20(34)31-8-6-14(7-9-31)19-24-15(11-35-19)18(33)25-22-29-28-21(36-22)23(3,4)5/h10-11,14H,6-9H2,1-5H3,(H,25,29,33). The number of anilines is 1. The molecule has 1 aliphatic heterocycles. The number of aryl methyl sites for hydroxylation is 2. The zero-order chi connectivity index (χ0) is 25.6. The number of thiazole rings is 1. The number of amides is 2. The maximum absolute atomic E-state index is 13.2. The van der Waals surface area contributed by atoms with Gasteiger partial charge in [0.15, 0.2) is 11.3 Å². The zero-order valence-corrected chi connectivity index (χ0v) is 22.4. The molecule has 0 bridgehead atoms. The first-order valence-electron chi connectivity index (χ1n) is 11.7. The molecule has 36 heavy (non-hydrogen) atoms. The fraction of sp³-hybridized carbons (Fsp3) is 0.478. The van der Waals surface area contributed by atoms with Crippen LogP contribution in [0.3, 0.4) is 0 Å². The van der Waals surface area contributed by atoms with Gasteiger partial charge in [0.1, 0.15) is 10.7 Å². The molecule has 0 aliphatic carbocycles. The highest BCUT2D eigenvalue weighted by Gasteiger charge is 2.29. The summed E-state index contributed by atoms with van der Waals surface area (Å²) in [6.45, 7) is 11.0. The minimum Gasteiger partial charge on any atom is -0.337 e. The molecule has 1 saturated heterocycles. The van der Waals surface area contributed by atoms with Crippen LogP contribution in [-0.4, -0.2) is 64.8 Å². The number of nitrogens with zero attached hydrogens (tertiary/aromatic N) is 8. The molecule has 13 heteroatoms. The minimum absolute atomic E-state index is 0.124. The van der Waals surface area contributed by atoms with Crippen molar-refractivity contribution in [1.82, 2.24) is 39.9 Å². The van der Waals surface area contributed by atoms with Crippen molar-refractivity contribution in [2.24, 2.45) is 0 Å². The number of nitrogens with one attached hydrogen (secondary N) is 1. The van der Waals surface area contributed by atoms with Crippen molar-refractivity contribution >= 4 is 45.3 Å². The summed E-state index contributed by atoms with van der Waals surface area (Å²) in [6.07, 6.45) is 1.53. The van der Waals surface area contributed by atoms with E-state index in [1.807, 2.05) is 19.9 Å². The third-order valence-electron chi connectivity index (χ3n) is 6.10. The summed E-state index contributed by atoms with van der Waals surface area (Å²) in [5.74, 6) is -0.238. The summed E-state index contributed by atoms with van der Waals surface area (Å²) in [6, 6.07) is 1.83. The quantitative estimate of drug-likeness (QED) is 0.427. The van der Waals surface area contributed by atoms with Crippen LogP contribution in [0.15, 0.2) is 11.4 Å². The molecule has 188 valence electrons. The van der Waals surface area contributed by atoms with Crippen molar-refractivity contribution < 1.29 is 9.59 Å². The average Bonchev–Trinajstić information content (AvgIpc) is 3.58. The zero-order valence-electron chi connectivity index (χ0n) is 20.8. The summed E-state index contributed by atoms with van der Waals surface area (Å²) in [5.41, 5.74) is 2.71. The van der Waals surface area contributed by atoms with Crippen molar-refractivity contribution in [3.8, 4) is 0 Å². The van der Waals surface area contributed by atoms with Crippen molar-refractivity contribution in [3.63, 3.8) is 0 Å². The fourth-order valence-corrected chi connectivity index (χ4v) is 5.84. The van der Waals surface area contributed by atoms with Gasteiger partial charge in [-0.3, -0.25) is 14.9 Å². The molecule has 4 aromatic heterocycles. The van der Waals surface area contributed by atoms with Crippen LogP contribution in [0.4, 0.5) is 5.13 Å². The van der Waals surface area contributed by atoms with Gasteiger partial charge in [-0.15, -0.1) is 31.7 Å². The fourth-order valence-electron chi connectivity index (χ4n) is 4.07. The van der Waals surface area contributed by atoms with Crippen molar-refractivity contribution in [1.29, 1.82) is 0 Å². The summed E-state index contributed by atoms with van der Waals surface area (Å²) in [7, 11) is 0. The molecule has 11 nitrogen and oxygen atoms in total. The molecule has 1 aliphatic rings. The molecule has 4 aromatic rings. The molecule has 0 aromatic carbocycles. The summed E-state index contributed by atoms with van der Waals surface area (Å²) >= 11 is 2.85. The van der Waals surface area contributed by atoms with Crippen molar-refractivity contribution in [2.75, 3.05) is 18.4 Å². The van der Waals surface area contributed by atoms with Crippen molar-refractivity contribution in [2.45, 2.75) is 58.8 Å². The van der Waals surface area contributed by atoms with Gasteiger partial charge in [0.2, 0.25) is 5.13 Å². The third-order valence-corrected chi connectivity index (χ3v) is 8.37. The van der Waals surface area contributed by atoms with E-state index in [-0.39, 0.29) is 23.1 Å². The normalized spacial score (nSPS) is 15.0. The van der Waals surface area contributed by atoms with Crippen LogP contribution in [0.25, 0.3) is 5.65 Å². The Labute approximate surface area is 216 Å². The van der Waals surface area contributed by atoms with Gasteiger partial charge in [0, 0.05) is 35.9 Å².